The van der Waals surface area contributed by atoms with Gasteiger partial charge in [0.1, 0.15) is 12.4 Å². The number of benzene rings is 1. The van der Waals surface area contributed by atoms with Gasteiger partial charge in [0.25, 0.3) is 0 Å². The molecular formula is C28H45NO6. The summed E-state index contributed by atoms with van der Waals surface area (Å²) < 4.78 is 16.6. The predicted octanol–water partition coefficient (Wildman–Crippen LogP) is 6.09. The van der Waals surface area contributed by atoms with Gasteiger partial charge >= 0.3 is 12.1 Å². The highest BCUT2D eigenvalue weighted by atomic mass is 16.6. The van der Waals surface area contributed by atoms with Gasteiger partial charge in [-0.3, -0.25) is 0 Å². The van der Waals surface area contributed by atoms with Crippen molar-refractivity contribution >= 4 is 12.1 Å². The van der Waals surface area contributed by atoms with Crippen molar-refractivity contribution in [2.24, 2.45) is 5.92 Å². The van der Waals surface area contributed by atoms with Crippen LogP contribution in [0.1, 0.15) is 83.6 Å². The number of ether oxygens (including phenoxy) is 3. The van der Waals surface area contributed by atoms with E-state index in [2.05, 4.69) is 6.92 Å². The quantitative estimate of drug-likeness (QED) is 0.266. The number of unbranched alkanes of at least 4 members (excludes halogenated alkanes) is 2. The first-order chi connectivity index (χ1) is 17.0. The van der Waals surface area contributed by atoms with Gasteiger partial charge in [-0.05, 0) is 43.4 Å². The van der Waals surface area contributed by atoms with Crippen LogP contribution in [0.4, 0.5) is 4.79 Å². The number of carbonyl (C=O) groups is 2. The summed E-state index contributed by atoms with van der Waals surface area (Å²) in [6, 6.07) is 7.36. The zero-order valence-corrected chi connectivity index (χ0v) is 21.7. The van der Waals surface area contributed by atoms with Gasteiger partial charge in [0.15, 0.2) is 6.10 Å². The molecule has 1 saturated carbocycles. The number of carboxylic acids is 1. The number of amides is 1. The van der Waals surface area contributed by atoms with Crippen LogP contribution in [0.3, 0.4) is 0 Å². The topological polar surface area (TPSA) is 85.3 Å². The van der Waals surface area contributed by atoms with Crippen LogP contribution < -0.4 is 4.74 Å². The zero-order valence-electron chi connectivity index (χ0n) is 21.7. The Hall–Kier alpha value is -2.28. The standard InChI is InChI=1S/C28H45NO6/c1-3-5-20-35-28(32)29(18-10-9-13-23-11-7-6-8-12-23)19-21-34-25-16-14-24(15-17-25)22-26(27(30)31)33-4-2/h14-17,23,26H,3-13,18-22H2,1-2H3,(H,30,31). The molecule has 1 amide bonds. The van der Waals surface area contributed by atoms with Crippen molar-refractivity contribution < 1.29 is 28.9 Å². The molecule has 1 N–H and O–H groups in total. The Kier molecular flexibility index (Phi) is 14.2. The Morgan fingerprint density at radius 2 is 1.74 bits per heavy atom. The minimum atomic E-state index is -0.961. The number of carbonyl (C=O) groups excluding carboxylic acids is 1. The summed E-state index contributed by atoms with van der Waals surface area (Å²) in [4.78, 5) is 25.7. The minimum Gasteiger partial charge on any atom is -0.492 e. The zero-order chi connectivity index (χ0) is 25.3. The summed E-state index contributed by atoms with van der Waals surface area (Å²) in [6.45, 7) is 6.21. The highest BCUT2D eigenvalue weighted by Crippen LogP contribution is 2.27. The normalized spacial score (nSPS) is 14.9. The first-order valence-electron chi connectivity index (χ1n) is 13.5. The van der Waals surface area contributed by atoms with Gasteiger partial charge in [-0.2, -0.15) is 0 Å². The smallest absolute Gasteiger partial charge is 0.409 e. The summed E-state index contributed by atoms with van der Waals surface area (Å²) in [7, 11) is 0. The van der Waals surface area contributed by atoms with Crippen LogP contribution in [0.5, 0.6) is 5.75 Å². The number of rotatable bonds is 17. The molecule has 7 heteroatoms. The summed E-state index contributed by atoms with van der Waals surface area (Å²) in [5.41, 5.74) is 0.872. The molecule has 35 heavy (non-hydrogen) atoms. The number of hydrogen-bond acceptors (Lipinski definition) is 5. The highest BCUT2D eigenvalue weighted by molar-refractivity contribution is 5.72. The molecule has 2 rings (SSSR count). The summed E-state index contributed by atoms with van der Waals surface area (Å²) >= 11 is 0. The minimum absolute atomic E-state index is 0.259. The molecule has 1 atom stereocenters. The number of aliphatic carboxylic acids is 1. The SMILES string of the molecule is CCCCOC(=O)N(CCCCC1CCCCC1)CCOc1ccc(CC(OCC)C(=O)O)cc1. The second kappa shape index (κ2) is 17.2. The molecule has 1 unspecified atom stereocenters. The lowest BCUT2D eigenvalue weighted by Gasteiger charge is -2.24. The highest BCUT2D eigenvalue weighted by Gasteiger charge is 2.19. The molecule has 1 aliphatic carbocycles. The van der Waals surface area contributed by atoms with Crippen molar-refractivity contribution in [2.45, 2.75) is 90.6 Å². The fourth-order valence-electron chi connectivity index (χ4n) is 4.53. The maximum absolute atomic E-state index is 12.6. The van der Waals surface area contributed by atoms with Gasteiger partial charge in [-0.15, -0.1) is 0 Å². The van der Waals surface area contributed by atoms with Gasteiger partial charge in [0.05, 0.1) is 13.2 Å². The van der Waals surface area contributed by atoms with Gasteiger partial charge in [-0.1, -0.05) is 70.4 Å². The third kappa shape index (κ3) is 11.8. The molecule has 0 radical (unpaired) electrons. The first-order valence-corrected chi connectivity index (χ1v) is 13.5. The van der Waals surface area contributed by atoms with E-state index in [9.17, 15) is 14.7 Å². The Morgan fingerprint density at radius 3 is 2.40 bits per heavy atom. The lowest BCUT2D eigenvalue weighted by molar-refractivity contribution is -0.149. The first kappa shape index (κ1) is 29.0. The van der Waals surface area contributed by atoms with E-state index in [4.69, 9.17) is 14.2 Å². The van der Waals surface area contributed by atoms with Crippen LogP contribution in [-0.4, -0.2) is 61.1 Å². The monoisotopic (exact) mass is 491 g/mol. The fourth-order valence-corrected chi connectivity index (χ4v) is 4.53. The number of nitrogens with zero attached hydrogens (tertiary/aromatic N) is 1. The third-order valence-corrected chi connectivity index (χ3v) is 6.61. The molecule has 0 aromatic heterocycles. The van der Waals surface area contributed by atoms with Crippen molar-refractivity contribution in [3.8, 4) is 5.75 Å². The van der Waals surface area contributed by atoms with E-state index in [0.717, 1.165) is 37.2 Å². The fraction of sp³-hybridized carbons (Fsp3) is 0.714. The van der Waals surface area contributed by atoms with Crippen LogP contribution in [0, 0.1) is 5.92 Å². The van der Waals surface area contributed by atoms with Crippen molar-refractivity contribution in [1.82, 2.24) is 4.90 Å². The van der Waals surface area contributed by atoms with Crippen molar-refractivity contribution in [3.63, 3.8) is 0 Å². The lowest BCUT2D eigenvalue weighted by atomic mass is 9.86. The molecule has 0 saturated heterocycles. The molecule has 0 bridgehead atoms. The summed E-state index contributed by atoms with van der Waals surface area (Å²) in [5.74, 6) is 0.588. The number of carboxylic acid groups (broad SMARTS) is 1. The maximum Gasteiger partial charge on any atom is 0.409 e. The van der Waals surface area contributed by atoms with E-state index in [1.807, 2.05) is 24.3 Å². The molecule has 7 nitrogen and oxygen atoms in total. The van der Waals surface area contributed by atoms with E-state index < -0.39 is 12.1 Å². The Bertz CT molecular complexity index is 717. The maximum atomic E-state index is 12.6. The second-order valence-corrected chi connectivity index (χ2v) is 9.43. The van der Waals surface area contributed by atoms with Crippen LogP contribution >= 0.6 is 0 Å². The average molecular weight is 492 g/mol. The molecule has 1 fully saturated rings. The molecule has 0 spiro atoms. The number of hydrogen-bond donors (Lipinski definition) is 1. The summed E-state index contributed by atoms with van der Waals surface area (Å²) in [5, 5.41) is 9.25. The van der Waals surface area contributed by atoms with Crippen LogP contribution in [0.25, 0.3) is 0 Å². The van der Waals surface area contributed by atoms with Gasteiger partial charge < -0.3 is 24.2 Å². The van der Waals surface area contributed by atoms with Crippen LogP contribution in [0.15, 0.2) is 24.3 Å². The van der Waals surface area contributed by atoms with E-state index in [1.165, 1.54) is 38.5 Å². The van der Waals surface area contributed by atoms with E-state index in [0.29, 0.717) is 45.1 Å². The van der Waals surface area contributed by atoms with Crippen molar-refractivity contribution in [3.05, 3.63) is 29.8 Å². The lowest BCUT2D eigenvalue weighted by Crippen LogP contribution is -2.36. The third-order valence-electron chi connectivity index (χ3n) is 6.61. The van der Waals surface area contributed by atoms with E-state index >= 15 is 0 Å². The second-order valence-electron chi connectivity index (χ2n) is 9.43. The molecule has 198 valence electrons. The largest absolute Gasteiger partial charge is 0.492 e. The van der Waals surface area contributed by atoms with Crippen LogP contribution in [0.2, 0.25) is 0 Å². The van der Waals surface area contributed by atoms with Gasteiger partial charge in [0.2, 0.25) is 0 Å². The molecule has 1 aliphatic rings. The van der Waals surface area contributed by atoms with Crippen molar-refractivity contribution in [1.29, 1.82) is 0 Å². The molecular weight excluding hydrogens is 446 g/mol. The Balaban J connectivity index is 1.79. The average Bonchev–Trinajstić information content (AvgIpc) is 2.86. The van der Waals surface area contributed by atoms with Crippen LogP contribution in [-0.2, 0) is 20.7 Å². The van der Waals surface area contributed by atoms with E-state index in [1.54, 1.807) is 11.8 Å². The summed E-state index contributed by atoms with van der Waals surface area (Å²) in [6.07, 6.45) is 11.3. The van der Waals surface area contributed by atoms with E-state index in [-0.39, 0.29) is 6.09 Å². The predicted molar refractivity (Wildman–Crippen MR) is 137 cm³/mol. The molecule has 0 aliphatic heterocycles. The molecule has 0 heterocycles. The molecule has 1 aromatic rings. The van der Waals surface area contributed by atoms with Crippen molar-refractivity contribution in [2.75, 3.05) is 32.9 Å². The van der Waals surface area contributed by atoms with Gasteiger partial charge in [-0.25, -0.2) is 9.59 Å². The molecule has 1 aromatic carbocycles. The Morgan fingerprint density at radius 1 is 1.00 bits per heavy atom. The van der Waals surface area contributed by atoms with Gasteiger partial charge in [0, 0.05) is 19.6 Å². The Labute approximate surface area is 211 Å².